The summed E-state index contributed by atoms with van der Waals surface area (Å²) in [5.74, 6) is -0.568. The lowest BCUT2D eigenvalue weighted by Crippen LogP contribution is -2.46. The van der Waals surface area contributed by atoms with Gasteiger partial charge in [0.25, 0.3) is 5.91 Å². The van der Waals surface area contributed by atoms with E-state index in [9.17, 15) is 14.7 Å². The minimum Gasteiger partial charge on any atom is -0.483 e. The van der Waals surface area contributed by atoms with E-state index in [2.05, 4.69) is 0 Å². The van der Waals surface area contributed by atoms with Crippen molar-refractivity contribution < 1.29 is 24.2 Å². The molecule has 0 aromatic heterocycles. The molecule has 7 heteroatoms. The van der Waals surface area contributed by atoms with Crippen LogP contribution in [0.4, 0.5) is 0 Å². The lowest BCUT2D eigenvalue weighted by Gasteiger charge is -2.33. The van der Waals surface area contributed by atoms with Gasteiger partial charge in [-0.15, -0.1) is 0 Å². The first-order chi connectivity index (χ1) is 11.4. The Morgan fingerprint density at radius 3 is 2.96 bits per heavy atom. The van der Waals surface area contributed by atoms with Crippen LogP contribution in [-0.2, 0) is 14.3 Å². The second-order valence-corrected chi connectivity index (χ2v) is 6.91. The van der Waals surface area contributed by atoms with Crippen LogP contribution >= 0.6 is 11.6 Å². The van der Waals surface area contributed by atoms with Gasteiger partial charge in [-0.1, -0.05) is 11.6 Å². The van der Waals surface area contributed by atoms with Crippen molar-refractivity contribution in [2.45, 2.75) is 13.3 Å². The quantitative estimate of drug-likeness (QED) is 0.895. The number of carboxylic acid groups (broad SMARTS) is 1. The molecule has 3 rings (SSSR count). The number of carboxylic acids is 1. The van der Waals surface area contributed by atoms with Gasteiger partial charge in [0.2, 0.25) is 0 Å². The third kappa shape index (κ3) is 3.08. The highest BCUT2D eigenvalue weighted by Gasteiger charge is 2.55. The number of ether oxygens (including phenoxy) is 2. The Morgan fingerprint density at radius 2 is 2.29 bits per heavy atom. The predicted molar refractivity (Wildman–Crippen MR) is 87.3 cm³/mol. The van der Waals surface area contributed by atoms with E-state index in [1.165, 1.54) is 0 Å². The summed E-state index contributed by atoms with van der Waals surface area (Å²) in [7, 11) is 0. The molecule has 0 unspecified atom stereocenters. The highest BCUT2D eigenvalue weighted by atomic mass is 35.5. The standard InChI is InChI=1S/C17H20ClNO5/c1-11-6-13(18)2-3-14(11)24-8-15(20)19-7-12-4-5-23-10-17(12,9-19)16(21)22/h2-3,6,12H,4-5,7-10H2,1H3,(H,21,22)/t12-,17+/m0/s1. The summed E-state index contributed by atoms with van der Waals surface area (Å²) in [6, 6.07) is 5.19. The molecule has 0 aliphatic carbocycles. The molecule has 1 aromatic rings. The zero-order valence-electron chi connectivity index (χ0n) is 13.5. The molecule has 1 amide bonds. The minimum atomic E-state index is -0.982. The average Bonchev–Trinajstić information content (AvgIpc) is 2.95. The second-order valence-electron chi connectivity index (χ2n) is 6.47. The van der Waals surface area contributed by atoms with E-state index in [4.69, 9.17) is 21.1 Å². The number of aryl methyl sites for hydroxylation is 1. The van der Waals surface area contributed by atoms with Crippen LogP contribution in [0.2, 0.25) is 5.02 Å². The predicted octanol–water partition coefficient (Wildman–Crippen LogP) is 1.98. The van der Waals surface area contributed by atoms with Gasteiger partial charge in [0.05, 0.1) is 6.61 Å². The van der Waals surface area contributed by atoms with Crippen molar-refractivity contribution in [3.8, 4) is 5.75 Å². The highest BCUT2D eigenvalue weighted by molar-refractivity contribution is 6.30. The van der Waals surface area contributed by atoms with Crippen LogP contribution in [0, 0.1) is 18.3 Å². The molecule has 2 aliphatic heterocycles. The van der Waals surface area contributed by atoms with Gasteiger partial charge in [0.1, 0.15) is 11.2 Å². The number of likely N-dealkylation sites (tertiary alicyclic amines) is 1. The number of hydrogen-bond donors (Lipinski definition) is 1. The van der Waals surface area contributed by atoms with E-state index in [0.717, 1.165) is 5.56 Å². The smallest absolute Gasteiger partial charge is 0.314 e. The van der Waals surface area contributed by atoms with Gasteiger partial charge in [-0.25, -0.2) is 0 Å². The zero-order chi connectivity index (χ0) is 17.3. The maximum atomic E-state index is 12.4. The van der Waals surface area contributed by atoms with E-state index in [1.807, 2.05) is 6.92 Å². The van der Waals surface area contributed by atoms with E-state index in [0.29, 0.717) is 30.3 Å². The molecule has 2 atom stereocenters. The molecule has 2 aliphatic rings. The molecule has 0 radical (unpaired) electrons. The molecule has 1 aromatic carbocycles. The van der Waals surface area contributed by atoms with Gasteiger partial charge in [-0.2, -0.15) is 0 Å². The molecule has 0 saturated carbocycles. The number of carbonyl (C=O) groups is 2. The van der Waals surface area contributed by atoms with Crippen LogP contribution in [-0.4, -0.2) is 54.8 Å². The molecule has 2 saturated heterocycles. The van der Waals surface area contributed by atoms with Gasteiger partial charge in [0.15, 0.2) is 6.61 Å². The maximum absolute atomic E-state index is 12.4. The third-order valence-corrected chi connectivity index (χ3v) is 5.17. The lowest BCUT2D eigenvalue weighted by atomic mass is 9.76. The Hall–Kier alpha value is -1.79. The van der Waals surface area contributed by atoms with Crippen LogP contribution in [0.5, 0.6) is 5.75 Å². The molecule has 0 spiro atoms. The molecule has 2 heterocycles. The maximum Gasteiger partial charge on any atom is 0.314 e. The van der Waals surface area contributed by atoms with Crippen molar-refractivity contribution in [1.82, 2.24) is 4.90 Å². The van der Waals surface area contributed by atoms with E-state index in [1.54, 1.807) is 23.1 Å². The van der Waals surface area contributed by atoms with Crippen molar-refractivity contribution in [3.05, 3.63) is 28.8 Å². The molecule has 0 bridgehead atoms. The Bertz CT molecular complexity index is 664. The number of fused-ring (bicyclic) bond motifs is 1. The van der Waals surface area contributed by atoms with Gasteiger partial charge in [0, 0.05) is 24.7 Å². The number of carbonyl (C=O) groups excluding carboxylic acids is 1. The monoisotopic (exact) mass is 353 g/mol. The number of hydrogen-bond acceptors (Lipinski definition) is 4. The van der Waals surface area contributed by atoms with Gasteiger partial charge in [-0.05, 0) is 43.0 Å². The molecule has 24 heavy (non-hydrogen) atoms. The number of amides is 1. The summed E-state index contributed by atoms with van der Waals surface area (Å²) < 4.78 is 11.0. The summed E-state index contributed by atoms with van der Waals surface area (Å²) >= 11 is 5.90. The Morgan fingerprint density at radius 1 is 1.50 bits per heavy atom. The molecule has 130 valence electrons. The molecule has 1 N–H and O–H groups in total. The summed E-state index contributed by atoms with van der Waals surface area (Å²) in [5, 5.41) is 10.2. The average molecular weight is 354 g/mol. The van der Waals surface area contributed by atoms with Gasteiger partial charge < -0.3 is 19.5 Å². The number of aliphatic carboxylic acids is 1. The second kappa shape index (κ2) is 6.61. The number of nitrogens with zero attached hydrogens (tertiary/aromatic N) is 1. The Balaban J connectivity index is 1.65. The first kappa shape index (κ1) is 17.0. The highest BCUT2D eigenvalue weighted by Crippen LogP contribution is 2.41. The van der Waals surface area contributed by atoms with Crippen molar-refractivity contribution in [2.24, 2.45) is 11.3 Å². The fourth-order valence-corrected chi connectivity index (χ4v) is 3.71. The molecular weight excluding hydrogens is 334 g/mol. The van der Waals surface area contributed by atoms with Crippen LogP contribution in [0.3, 0.4) is 0 Å². The summed E-state index contributed by atoms with van der Waals surface area (Å²) in [6.07, 6.45) is 0.660. The van der Waals surface area contributed by atoms with Crippen LogP contribution in [0.15, 0.2) is 18.2 Å². The fourth-order valence-electron chi connectivity index (χ4n) is 3.49. The van der Waals surface area contributed by atoms with Gasteiger partial charge >= 0.3 is 5.97 Å². The molecule has 2 fully saturated rings. The number of rotatable bonds is 4. The van der Waals surface area contributed by atoms with Gasteiger partial charge in [-0.3, -0.25) is 9.59 Å². The Kier molecular flexibility index (Phi) is 4.69. The Labute approximate surface area is 145 Å². The third-order valence-electron chi connectivity index (χ3n) is 4.93. The number of benzene rings is 1. The van der Waals surface area contributed by atoms with Crippen molar-refractivity contribution in [1.29, 1.82) is 0 Å². The van der Waals surface area contributed by atoms with Crippen LogP contribution in [0.1, 0.15) is 12.0 Å². The zero-order valence-corrected chi connectivity index (χ0v) is 14.2. The first-order valence-electron chi connectivity index (χ1n) is 7.90. The SMILES string of the molecule is Cc1cc(Cl)ccc1OCC(=O)N1C[C@@H]2CCOC[C@]2(C(=O)O)C1. The van der Waals surface area contributed by atoms with E-state index >= 15 is 0 Å². The van der Waals surface area contributed by atoms with Crippen molar-refractivity contribution in [3.63, 3.8) is 0 Å². The summed E-state index contributed by atoms with van der Waals surface area (Å²) in [5.41, 5.74) is -0.134. The van der Waals surface area contributed by atoms with E-state index in [-0.39, 0.29) is 31.6 Å². The normalized spacial score (nSPS) is 26.1. The van der Waals surface area contributed by atoms with Crippen LogP contribution < -0.4 is 4.74 Å². The van der Waals surface area contributed by atoms with Crippen molar-refractivity contribution >= 4 is 23.5 Å². The topological polar surface area (TPSA) is 76.1 Å². The minimum absolute atomic E-state index is 0.0648. The summed E-state index contributed by atoms with van der Waals surface area (Å²) in [6.45, 7) is 3.06. The summed E-state index contributed by atoms with van der Waals surface area (Å²) in [4.78, 5) is 25.7. The first-order valence-corrected chi connectivity index (χ1v) is 8.28. The number of halogens is 1. The van der Waals surface area contributed by atoms with Crippen LogP contribution in [0.25, 0.3) is 0 Å². The van der Waals surface area contributed by atoms with E-state index < -0.39 is 11.4 Å². The molecule has 6 nitrogen and oxygen atoms in total. The fraction of sp³-hybridized carbons (Fsp3) is 0.529. The lowest BCUT2D eigenvalue weighted by molar-refractivity contribution is -0.160. The largest absolute Gasteiger partial charge is 0.483 e. The van der Waals surface area contributed by atoms with Crippen molar-refractivity contribution in [2.75, 3.05) is 32.9 Å². The molecular formula is C17H20ClNO5.